The molecule has 1 aromatic rings. The van der Waals surface area contributed by atoms with Gasteiger partial charge in [0.25, 0.3) is 0 Å². The van der Waals surface area contributed by atoms with Crippen LogP contribution in [0.2, 0.25) is 0 Å². The number of carbonyl (C=O) groups is 1. The van der Waals surface area contributed by atoms with Gasteiger partial charge in [-0.1, -0.05) is 5.16 Å². The first-order valence-electron chi connectivity index (χ1n) is 7.97. The second kappa shape index (κ2) is 7.12. The van der Waals surface area contributed by atoms with Crippen molar-refractivity contribution in [3.05, 3.63) is 29.3 Å². The van der Waals surface area contributed by atoms with Crippen LogP contribution < -0.4 is 15.5 Å². The van der Waals surface area contributed by atoms with Gasteiger partial charge in [-0.25, -0.2) is 8.78 Å². The summed E-state index contributed by atoms with van der Waals surface area (Å²) in [6.45, 7) is 4.45. The van der Waals surface area contributed by atoms with E-state index in [0.717, 1.165) is 19.2 Å². The van der Waals surface area contributed by atoms with Crippen LogP contribution in [0.15, 0.2) is 17.3 Å². The molecule has 1 saturated heterocycles. The maximum atomic E-state index is 14.2. The molecule has 0 bridgehead atoms. The topological polar surface area (TPSA) is 66.0 Å². The molecule has 0 radical (unpaired) electrons. The SMILES string of the molecule is CC(=O)NC[C@H]1CC(c2cc(F)c(F)c(N3CCNCC3)c2)=NO1. The molecular weight excluding hydrogens is 318 g/mol. The van der Waals surface area contributed by atoms with Crippen molar-refractivity contribution in [1.29, 1.82) is 0 Å². The molecule has 130 valence electrons. The quantitative estimate of drug-likeness (QED) is 0.860. The van der Waals surface area contributed by atoms with Gasteiger partial charge in [0.15, 0.2) is 11.6 Å². The molecule has 0 aromatic heterocycles. The highest BCUT2D eigenvalue weighted by Crippen LogP contribution is 2.27. The average Bonchev–Trinajstić information content (AvgIpc) is 3.05. The molecule has 24 heavy (non-hydrogen) atoms. The molecule has 1 fully saturated rings. The molecule has 0 saturated carbocycles. The Kier molecular flexibility index (Phi) is 4.94. The highest BCUT2D eigenvalue weighted by Gasteiger charge is 2.25. The van der Waals surface area contributed by atoms with Crippen molar-refractivity contribution in [2.24, 2.45) is 5.16 Å². The number of oxime groups is 1. The summed E-state index contributed by atoms with van der Waals surface area (Å²) in [5.74, 6) is -1.88. The Morgan fingerprint density at radius 3 is 2.88 bits per heavy atom. The third-order valence-electron chi connectivity index (χ3n) is 4.11. The van der Waals surface area contributed by atoms with Gasteiger partial charge in [0.1, 0.15) is 6.10 Å². The Bertz CT molecular complexity index is 660. The lowest BCUT2D eigenvalue weighted by atomic mass is 10.0. The van der Waals surface area contributed by atoms with Crippen molar-refractivity contribution in [3.8, 4) is 0 Å². The normalized spacial score (nSPS) is 20.5. The predicted octanol–water partition coefficient (Wildman–Crippen LogP) is 1.00. The number of piperazine rings is 1. The Balaban J connectivity index is 1.76. The molecule has 0 unspecified atom stereocenters. The zero-order valence-electron chi connectivity index (χ0n) is 13.4. The van der Waals surface area contributed by atoms with Crippen molar-refractivity contribution in [2.45, 2.75) is 19.4 Å². The van der Waals surface area contributed by atoms with E-state index in [-0.39, 0.29) is 17.7 Å². The Morgan fingerprint density at radius 1 is 1.42 bits per heavy atom. The Hall–Kier alpha value is -2.22. The minimum absolute atomic E-state index is 0.152. The summed E-state index contributed by atoms with van der Waals surface area (Å²) < 4.78 is 28.2. The van der Waals surface area contributed by atoms with E-state index >= 15 is 0 Å². The maximum Gasteiger partial charge on any atom is 0.217 e. The van der Waals surface area contributed by atoms with Gasteiger partial charge in [-0.15, -0.1) is 0 Å². The van der Waals surface area contributed by atoms with Gasteiger partial charge >= 0.3 is 0 Å². The molecule has 2 N–H and O–H groups in total. The predicted molar refractivity (Wildman–Crippen MR) is 86.2 cm³/mol. The number of rotatable bonds is 4. The van der Waals surface area contributed by atoms with E-state index in [4.69, 9.17) is 4.84 Å². The van der Waals surface area contributed by atoms with Crippen LogP contribution in [0.4, 0.5) is 14.5 Å². The lowest BCUT2D eigenvalue weighted by Gasteiger charge is -2.30. The highest BCUT2D eigenvalue weighted by atomic mass is 19.2. The van der Waals surface area contributed by atoms with Crippen molar-refractivity contribution in [1.82, 2.24) is 10.6 Å². The number of anilines is 1. The average molecular weight is 338 g/mol. The van der Waals surface area contributed by atoms with Crippen LogP contribution in [0.5, 0.6) is 0 Å². The molecule has 2 aliphatic rings. The van der Waals surface area contributed by atoms with E-state index in [1.54, 1.807) is 6.07 Å². The molecule has 0 spiro atoms. The van der Waals surface area contributed by atoms with Crippen LogP contribution in [-0.2, 0) is 9.63 Å². The molecular formula is C16H20F2N4O2. The first-order valence-corrected chi connectivity index (χ1v) is 7.97. The number of amides is 1. The van der Waals surface area contributed by atoms with Crippen molar-refractivity contribution >= 4 is 17.3 Å². The summed E-state index contributed by atoms with van der Waals surface area (Å²) >= 11 is 0. The summed E-state index contributed by atoms with van der Waals surface area (Å²) in [7, 11) is 0. The number of benzene rings is 1. The van der Waals surface area contributed by atoms with Gasteiger partial charge in [-0.05, 0) is 12.1 Å². The third-order valence-corrected chi connectivity index (χ3v) is 4.11. The van der Waals surface area contributed by atoms with Crippen LogP contribution in [0.1, 0.15) is 18.9 Å². The second-order valence-electron chi connectivity index (χ2n) is 5.93. The summed E-state index contributed by atoms with van der Waals surface area (Å²) in [5, 5.41) is 9.81. The Morgan fingerprint density at radius 2 is 2.17 bits per heavy atom. The van der Waals surface area contributed by atoms with Gasteiger partial charge in [0.2, 0.25) is 5.91 Å². The van der Waals surface area contributed by atoms with E-state index in [2.05, 4.69) is 15.8 Å². The third kappa shape index (κ3) is 3.64. The molecule has 6 nitrogen and oxygen atoms in total. The maximum absolute atomic E-state index is 14.2. The van der Waals surface area contributed by atoms with Crippen molar-refractivity contribution in [3.63, 3.8) is 0 Å². The number of nitrogens with one attached hydrogen (secondary N) is 2. The lowest BCUT2D eigenvalue weighted by molar-refractivity contribution is -0.119. The van der Waals surface area contributed by atoms with Gasteiger partial charge in [-0.2, -0.15) is 0 Å². The summed E-state index contributed by atoms with van der Waals surface area (Å²) in [6.07, 6.45) is 0.145. The van der Waals surface area contributed by atoms with Crippen LogP contribution in [0.3, 0.4) is 0 Å². The van der Waals surface area contributed by atoms with Crippen LogP contribution in [0.25, 0.3) is 0 Å². The number of carbonyl (C=O) groups excluding carboxylic acids is 1. The van der Waals surface area contributed by atoms with Crippen LogP contribution >= 0.6 is 0 Å². The molecule has 2 aliphatic heterocycles. The number of nitrogens with zero attached hydrogens (tertiary/aromatic N) is 2. The standard InChI is InChI=1S/C16H20F2N4O2/c1-10(23)20-9-12-8-14(21-24-12)11-6-13(17)16(18)15(7-11)22-4-2-19-3-5-22/h6-7,12,19H,2-5,8-9H2,1H3,(H,20,23)/t12-/m1/s1. The largest absolute Gasteiger partial charge is 0.390 e. The molecule has 2 heterocycles. The molecule has 1 atom stereocenters. The van der Waals surface area contributed by atoms with Crippen LogP contribution in [0, 0.1) is 11.6 Å². The zero-order valence-corrected chi connectivity index (χ0v) is 13.4. The van der Waals surface area contributed by atoms with E-state index in [0.29, 0.717) is 37.3 Å². The minimum atomic E-state index is -0.894. The summed E-state index contributed by atoms with van der Waals surface area (Å²) in [6, 6.07) is 2.76. The molecule has 1 amide bonds. The molecule has 1 aromatic carbocycles. The monoisotopic (exact) mass is 338 g/mol. The Labute approximate surface area is 138 Å². The van der Waals surface area contributed by atoms with E-state index < -0.39 is 11.6 Å². The molecule has 0 aliphatic carbocycles. The van der Waals surface area contributed by atoms with E-state index in [1.807, 2.05) is 4.90 Å². The van der Waals surface area contributed by atoms with Crippen molar-refractivity contribution < 1.29 is 18.4 Å². The van der Waals surface area contributed by atoms with Gasteiger partial charge in [0, 0.05) is 45.1 Å². The summed E-state index contributed by atoms with van der Waals surface area (Å²) in [5.41, 5.74) is 1.31. The van der Waals surface area contributed by atoms with E-state index in [9.17, 15) is 13.6 Å². The van der Waals surface area contributed by atoms with Gasteiger partial charge in [-0.3, -0.25) is 4.79 Å². The lowest BCUT2D eigenvalue weighted by Crippen LogP contribution is -2.44. The number of halogens is 2. The second-order valence-corrected chi connectivity index (χ2v) is 5.93. The van der Waals surface area contributed by atoms with Crippen molar-refractivity contribution in [2.75, 3.05) is 37.6 Å². The fourth-order valence-electron chi connectivity index (χ4n) is 2.84. The van der Waals surface area contributed by atoms with Crippen LogP contribution in [-0.4, -0.2) is 50.4 Å². The first-order chi connectivity index (χ1) is 11.5. The summed E-state index contributed by atoms with van der Waals surface area (Å²) in [4.78, 5) is 18.0. The smallest absolute Gasteiger partial charge is 0.217 e. The number of hydrogen-bond acceptors (Lipinski definition) is 5. The first kappa shape index (κ1) is 16.6. The fourth-order valence-corrected chi connectivity index (χ4v) is 2.84. The zero-order chi connectivity index (χ0) is 17.1. The molecule has 3 rings (SSSR count). The number of hydrogen-bond donors (Lipinski definition) is 2. The highest BCUT2D eigenvalue weighted by molar-refractivity contribution is 6.02. The fraction of sp³-hybridized carbons (Fsp3) is 0.500. The van der Waals surface area contributed by atoms with E-state index in [1.165, 1.54) is 6.92 Å². The molecule has 8 heteroatoms. The van der Waals surface area contributed by atoms with Gasteiger partial charge in [0.05, 0.1) is 17.9 Å². The minimum Gasteiger partial charge on any atom is -0.390 e. The van der Waals surface area contributed by atoms with Gasteiger partial charge < -0.3 is 20.4 Å².